The minimum absolute atomic E-state index is 0.102. The summed E-state index contributed by atoms with van der Waals surface area (Å²) in [5, 5.41) is 12.6. The molecule has 1 unspecified atom stereocenters. The molecular formula is C12H15BrFNO. The maximum atomic E-state index is 12.9. The molecule has 0 aliphatic heterocycles. The molecule has 16 heavy (non-hydrogen) atoms. The normalized spacial score (nSPS) is 19.5. The molecule has 4 heteroatoms. The Morgan fingerprint density at radius 3 is 2.75 bits per heavy atom. The zero-order valence-corrected chi connectivity index (χ0v) is 10.7. The molecular weight excluding hydrogens is 273 g/mol. The minimum Gasteiger partial charge on any atom is -0.394 e. The van der Waals surface area contributed by atoms with Crippen LogP contribution in [0.3, 0.4) is 0 Å². The van der Waals surface area contributed by atoms with E-state index in [1.807, 2.05) is 6.92 Å². The van der Waals surface area contributed by atoms with Crippen molar-refractivity contribution in [3.63, 3.8) is 0 Å². The van der Waals surface area contributed by atoms with Crippen LogP contribution < -0.4 is 5.32 Å². The van der Waals surface area contributed by atoms with Crippen LogP contribution in [0.15, 0.2) is 22.7 Å². The first-order chi connectivity index (χ1) is 7.56. The molecule has 2 rings (SSSR count). The highest BCUT2D eigenvalue weighted by molar-refractivity contribution is 9.10. The van der Waals surface area contributed by atoms with Crippen LogP contribution in [-0.2, 0) is 0 Å². The third-order valence-electron chi connectivity index (χ3n) is 3.11. The van der Waals surface area contributed by atoms with Crippen LogP contribution in [0.4, 0.5) is 4.39 Å². The van der Waals surface area contributed by atoms with Gasteiger partial charge in [-0.3, -0.25) is 0 Å². The van der Waals surface area contributed by atoms with Gasteiger partial charge in [0.2, 0.25) is 0 Å². The lowest BCUT2D eigenvalue weighted by atomic mass is 10.1. The summed E-state index contributed by atoms with van der Waals surface area (Å²) >= 11 is 3.36. The number of rotatable bonds is 4. The standard InChI is InChI=1S/C12H15BrFNO/c1-8(15-12(7-16)4-5-12)10-3-2-9(14)6-11(10)13/h2-3,6,8,15-16H,4-5,7H2,1H3. The van der Waals surface area contributed by atoms with Crippen LogP contribution in [-0.4, -0.2) is 17.3 Å². The Hall–Kier alpha value is -0.450. The molecule has 0 spiro atoms. The number of benzene rings is 1. The van der Waals surface area contributed by atoms with Crippen molar-refractivity contribution in [1.29, 1.82) is 0 Å². The zero-order valence-electron chi connectivity index (χ0n) is 9.13. The summed E-state index contributed by atoms with van der Waals surface area (Å²) < 4.78 is 13.7. The third-order valence-corrected chi connectivity index (χ3v) is 3.79. The molecule has 88 valence electrons. The van der Waals surface area contributed by atoms with Gasteiger partial charge >= 0.3 is 0 Å². The summed E-state index contributed by atoms with van der Waals surface area (Å²) in [6.07, 6.45) is 2.01. The summed E-state index contributed by atoms with van der Waals surface area (Å²) in [5.41, 5.74) is 0.911. The number of halogens is 2. The van der Waals surface area contributed by atoms with E-state index in [0.717, 1.165) is 22.9 Å². The lowest BCUT2D eigenvalue weighted by Gasteiger charge is -2.22. The highest BCUT2D eigenvalue weighted by Gasteiger charge is 2.42. The summed E-state index contributed by atoms with van der Waals surface area (Å²) in [6, 6.07) is 4.79. The van der Waals surface area contributed by atoms with E-state index in [9.17, 15) is 9.50 Å². The average Bonchev–Trinajstić information content (AvgIpc) is 2.98. The van der Waals surface area contributed by atoms with E-state index in [1.165, 1.54) is 12.1 Å². The van der Waals surface area contributed by atoms with E-state index in [4.69, 9.17) is 0 Å². The number of hydrogen-bond donors (Lipinski definition) is 2. The average molecular weight is 288 g/mol. The smallest absolute Gasteiger partial charge is 0.124 e. The molecule has 2 N–H and O–H groups in total. The van der Waals surface area contributed by atoms with Crippen molar-refractivity contribution < 1.29 is 9.50 Å². The van der Waals surface area contributed by atoms with Crippen LogP contribution >= 0.6 is 15.9 Å². The van der Waals surface area contributed by atoms with Gasteiger partial charge in [0.1, 0.15) is 5.82 Å². The van der Waals surface area contributed by atoms with Crippen LogP contribution in [0, 0.1) is 5.82 Å². The van der Waals surface area contributed by atoms with Gasteiger partial charge in [-0.2, -0.15) is 0 Å². The van der Waals surface area contributed by atoms with Gasteiger partial charge in [-0.05, 0) is 37.5 Å². The van der Waals surface area contributed by atoms with Gasteiger partial charge in [0.05, 0.1) is 6.61 Å². The molecule has 1 aromatic carbocycles. The molecule has 1 aliphatic rings. The Balaban J connectivity index is 2.11. The second kappa shape index (κ2) is 4.43. The molecule has 1 fully saturated rings. The van der Waals surface area contributed by atoms with Gasteiger partial charge in [-0.25, -0.2) is 4.39 Å². The van der Waals surface area contributed by atoms with Gasteiger partial charge < -0.3 is 10.4 Å². The predicted octanol–water partition coefficient (Wildman–Crippen LogP) is 2.76. The van der Waals surface area contributed by atoms with E-state index in [2.05, 4.69) is 21.2 Å². The molecule has 0 amide bonds. The van der Waals surface area contributed by atoms with Gasteiger partial charge in [-0.15, -0.1) is 0 Å². The van der Waals surface area contributed by atoms with Crippen molar-refractivity contribution >= 4 is 15.9 Å². The Labute approximate surface area is 103 Å². The molecule has 0 heterocycles. The van der Waals surface area contributed by atoms with Crippen molar-refractivity contribution in [1.82, 2.24) is 5.32 Å². The maximum Gasteiger partial charge on any atom is 0.124 e. The summed E-state index contributed by atoms with van der Waals surface area (Å²) in [7, 11) is 0. The fraction of sp³-hybridized carbons (Fsp3) is 0.500. The Morgan fingerprint density at radius 1 is 1.56 bits per heavy atom. The number of hydrogen-bond acceptors (Lipinski definition) is 2. The third kappa shape index (κ3) is 2.44. The van der Waals surface area contributed by atoms with Gasteiger partial charge in [-0.1, -0.05) is 22.0 Å². The number of nitrogens with one attached hydrogen (secondary N) is 1. The summed E-state index contributed by atoms with van der Waals surface area (Å²) in [4.78, 5) is 0. The molecule has 2 nitrogen and oxygen atoms in total. The Bertz CT molecular complexity index is 393. The van der Waals surface area contributed by atoms with Gasteiger partial charge in [0, 0.05) is 16.1 Å². The molecule has 1 saturated carbocycles. The molecule has 0 radical (unpaired) electrons. The molecule has 1 atom stereocenters. The first kappa shape index (κ1) is 12.0. The second-order valence-corrected chi connectivity index (χ2v) is 5.32. The topological polar surface area (TPSA) is 32.3 Å². The van der Waals surface area contributed by atoms with Crippen LogP contribution in [0.5, 0.6) is 0 Å². The maximum absolute atomic E-state index is 12.9. The van der Waals surface area contributed by atoms with Crippen LogP contribution in [0.1, 0.15) is 31.4 Å². The van der Waals surface area contributed by atoms with Crippen LogP contribution in [0.25, 0.3) is 0 Å². The van der Waals surface area contributed by atoms with E-state index in [1.54, 1.807) is 6.07 Å². The van der Waals surface area contributed by atoms with E-state index >= 15 is 0 Å². The molecule has 0 bridgehead atoms. The largest absolute Gasteiger partial charge is 0.394 e. The molecule has 1 aliphatic carbocycles. The van der Waals surface area contributed by atoms with E-state index in [0.29, 0.717) is 0 Å². The highest BCUT2D eigenvalue weighted by atomic mass is 79.9. The van der Waals surface area contributed by atoms with Crippen LogP contribution in [0.2, 0.25) is 0 Å². The number of aliphatic hydroxyl groups excluding tert-OH is 1. The Kier molecular flexibility index (Phi) is 3.33. The van der Waals surface area contributed by atoms with E-state index in [-0.39, 0.29) is 24.0 Å². The summed E-state index contributed by atoms with van der Waals surface area (Å²) in [6.45, 7) is 2.18. The van der Waals surface area contributed by atoms with Crippen molar-refractivity contribution in [3.05, 3.63) is 34.1 Å². The van der Waals surface area contributed by atoms with Gasteiger partial charge in [0.25, 0.3) is 0 Å². The fourth-order valence-corrected chi connectivity index (χ4v) is 2.58. The predicted molar refractivity (Wildman–Crippen MR) is 64.7 cm³/mol. The zero-order chi connectivity index (χ0) is 11.8. The highest BCUT2D eigenvalue weighted by Crippen LogP contribution is 2.38. The number of aliphatic hydroxyl groups is 1. The van der Waals surface area contributed by atoms with Crippen molar-refractivity contribution in [2.45, 2.75) is 31.3 Å². The fourth-order valence-electron chi connectivity index (χ4n) is 1.89. The van der Waals surface area contributed by atoms with Crippen molar-refractivity contribution in [2.75, 3.05) is 6.61 Å². The van der Waals surface area contributed by atoms with Gasteiger partial charge in [0.15, 0.2) is 0 Å². The quantitative estimate of drug-likeness (QED) is 0.893. The lowest BCUT2D eigenvalue weighted by Crippen LogP contribution is -2.36. The second-order valence-electron chi connectivity index (χ2n) is 4.47. The lowest BCUT2D eigenvalue weighted by molar-refractivity contribution is 0.221. The van der Waals surface area contributed by atoms with Crippen molar-refractivity contribution in [2.24, 2.45) is 0 Å². The summed E-state index contributed by atoms with van der Waals surface area (Å²) in [5.74, 6) is -0.244. The first-order valence-corrected chi connectivity index (χ1v) is 6.19. The monoisotopic (exact) mass is 287 g/mol. The Morgan fingerprint density at radius 2 is 2.25 bits per heavy atom. The van der Waals surface area contributed by atoms with Crippen molar-refractivity contribution in [3.8, 4) is 0 Å². The van der Waals surface area contributed by atoms with E-state index < -0.39 is 0 Å². The SMILES string of the molecule is CC(NC1(CO)CC1)c1ccc(F)cc1Br. The molecule has 0 saturated heterocycles. The molecule has 0 aromatic heterocycles. The minimum atomic E-state index is -0.244. The molecule has 1 aromatic rings. The first-order valence-electron chi connectivity index (χ1n) is 5.40.